The molecule has 4 heteroatoms. The number of nitrogens with one attached hydrogen (secondary N) is 2. The Kier molecular flexibility index (Phi) is 5.66. The van der Waals surface area contributed by atoms with Gasteiger partial charge in [0, 0.05) is 18.3 Å². The largest absolute Gasteiger partial charge is 0.386 e. The van der Waals surface area contributed by atoms with Gasteiger partial charge in [-0.1, -0.05) is 25.3 Å². The molecule has 2 rings (SSSR count). The minimum absolute atomic E-state index is 0.695. The molecule has 0 atom stereocenters. The maximum atomic E-state index is 3.97. The van der Waals surface area contributed by atoms with Crippen molar-refractivity contribution in [3.05, 3.63) is 30.5 Å². The number of nitrogens with zero attached hydrogens (tertiary/aromatic N) is 2. The first-order valence-corrected chi connectivity index (χ1v) is 7.27. The van der Waals surface area contributed by atoms with Crippen molar-refractivity contribution in [1.82, 2.24) is 15.3 Å². The molecule has 0 unspecified atom stereocenters. The fraction of sp³-hybridized carbons (Fsp3) is 0.600. The molecule has 104 valence electrons. The molecule has 4 nitrogen and oxygen atoms in total. The van der Waals surface area contributed by atoms with Crippen LogP contribution in [0, 0.1) is 0 Å². The van der Waals surface area contributed by atoms with Crippen LogP contribution in [0.2, 0.25) is 0 Å². The lowest BCUT2D eigenvalue weighted by Crippen LogP contribution is -2.29. The monoisotopic (exact) mass is 260 g/mol. The molecule has 0 aromatic carbocycles. The van der Waals surface area contributed by atoms with Crippen LogP contribution in [-0.2, 0) is 0 Å². The minimum atomic E-state index is 0.695. The average Bonchev–Trinajstić information content (AvgIpc) is 2.46. The summed E-state index contributed by atoms with van der Waals surface area (Å²) in [5, 5.41) is 6.93. The highest BCUT2D eigenvalue weighted by molar-refractivity contribution is 5.36. The molecule has 1 aliphatic rings. The highest BCUT2D eigenvalue weighted by atomic mass is 14.9. The van der Waals surface area contributed by atoms with Crippen molar-refractivity contribution in [1.29, 1.82) is 0 Å². The molecule has 0 bridgehead atoms. The summed E-state index contributed by atoms with van der Waals surface area (Å²) in [6.07, 6.45) is 15.2. The first kappa shape index (κ1) is 13.8. The predicted octanol–water partition coefficient (Wildman–Crippen LogP) is 3.10. The van der Waals surface area contributed by atoms with Crippen LogP contribution >= 0.6 is 0 Å². The normalized spacial score (nSPS) is 17.2. The van der Waals surface area contributed by atoms with Gasteiger partial charge in [-0.15, -0.1) is 0 Å². The molecule has 1 aromatic heterocycles. The highest BCUT2D eigenvalue weighted by Gasteiger charge is 2.12. The van der Waals surface area contributed by atoms with Crippen LogP contribution in [0.15, 0.2) is 30.5 Å². The molecule has 1 aliphatic carbocycles. The Morgan fingerprint density at radius 3 is 2.74 bits per heavy atom. The summed E-state index contributed by atoms with van der Waals surface area (Å²) in [6, 6.07) is 0.695. The molecule has 0 spiro atoms. The van der Waals surface area contributed by atoms with Gasteiger partial charge >= 0.3 is 0 Å². The molecule has 1 fully saturated rings. The van der Waals surface area contributed by atoms with E-state index in [2.05, 4.69) is 33.6 Å². The Morgan fingerprint density at radius 2 is 2.00 bits per heavy atom. The van der Waals surface area contributed by atoms with E-state index in [1.807, 2.05) is 0 Å². The van der Waals surface area contributed by atoms with Crippen molar-refractivity contribution in [3.8, 4) is 0 Å². The van der Waals surface area contributed by atoms with Crippen molar-refractivity contribution in [2.24, 2.45) is 0 Å². The van der Waals surface area contributed by atoms with Gasteiger partial charge in [0.25, 0.3) is 0 Å². The quantitative estimate of drug-likeness (QED) is 0.772. The van der Waals surface area contributed by atoms with E-state index in [0.717, 1.165) is 18.7 Å². The molecule has 19 heavy (non-hydrogen) atoms. The van der Waals surface area contributed by atoms with Crippen LogP contribution in [0.4, 0.5) is 5.69 Å². The van der Waals surface area contributed by atoms with Gasteiger partial charge in [-0.05, 0) is 26.2 Å². The van der Waals surface area contributed by atoms with Crippen molar-refractivity contribution < 1.29 is 0 Å². The van der Waals surface area contributed by atoms with Gasteiger partial charge in [0.1, 0.15) is 6.33 Å². The number of anilines is 1. The molecule has 0 radical (unpaired) electrons. The Hall–Kier alpha value is -1.58. The van der Waals surface area contributed by atoms with Crippen LogP contribution in [-0.4, -0.2) is 22.6 Å². The maximum Gasteiger partial charge on any atom is 0.115 e. The lowest BCUT2D eigenvalue weighted by Gasteiger charge is -2.24. The fourth-order valence-electron chi connectivity index (χ4n) is 2.52. The number of hydrogen-bond donors (Lipinski definition) is 2. The van der Waals surface area contributed by atoms with Gasteiger partial charge in [0.15, 0.2) is 0 Å². The summed E-state index contributed by atoms with van der Waals surface area (Å²) >= 11 is 0. The lowest BCUT2D eigenvalue weighted by molar-refractivity contribution is 0.396. The number of aromatic nitrogens is 2. The number of rotatable bonds is 6. The van der Waals surface area contributed by atoms with Gasteiger partial charge < -0.3 is 10.6 Å². The van der Waals surface area contributed by atoms with Gasteiger partial charge in [-0.3, -0.25) is 0 Å². The molecule has 1 heterocycles. The molecular weight excluding hydrogens is 236 g/mol. The molecule has 2 N–H and O–H groups in total. The van der Waals surface area contributed by atoms with Crippen molar-refractivity contribution in [2.75, 3.05) is 11.9 Å². The highest BCUT2D eigenvalue weighted by Crippen LogP contribution is 2.18. The van der Waals surface area contributed by atoms with E-state index in [1.54, 1.807) is 18.7 Å². The van der Waals surface area contributed by atoms with Crippen molar-refractivity contribution in [2.45, 2.75) is 51.5 Å². The second kappa shape index (κ2) is 7.77. The first-order valence-electron chi connectivity index (χ1n) is 7.27. The zero-order valence-corrected chi connectivity index (χ0v) is 11.7. The summed E-state index contributed by atoms with van der Waals surface area (Å²) in [6.45, 7) is 3.08. The van der Waals surface area contributed by atoms with Crippen LogP contribution in [0.5, 0.6) is 0 Å². The Morgan fingerprint density at radius 1 is 1.26 bits per heavy atom. The summed E-state index contributed by atoms with van der Waals surface area (Å²) in [5.74, 6) is 0. The SMILES string of the molecule is C/C(=C/CCNc1cncnc1)NC1CCCCC1. The maximum absolute atomic E-state index is 3.97. The smallest absolute Gasteiger partial charge is 0.115 e. The molecule has 0 aliphatic heterocycles. The van der Waals surface area contributed by atoms with Crippen molar-refractivity contribution in [3.63, 3.8) is 0 Å². The van der Waals surface area contributed by atoms with Crippen LogP contribution in [0.25, 0.3) is 0 Å². The zero-order chi connectivity index (χ0) is 13.3. The Labute approximate surface area is 115 Å². The molecule has 1 saturated carbocycles. The molecule has 0 amide bonds. The minimum Gasteiger partial charge on any atom is -0.386 e. The van der Waals surface area contributed by atoms with Gasteiger partial charge in [0.2, 0.25) is 0 Å². The topological polar surface area (TPSA) is 49.8 Å². The van der Waals surface area contributed by atoms with Crippen LogP contribution in [0.3, 0.4) is 0 Å². The summed E-state index contributed by atoms with van der Waals surface area (Å²) in [4.78, 5) is 7.95. The van der Waals surface area contributed by atoms with E-state index < -0.39 is 0 Å². The van der Waals surface area contributed by atoms with Gasteiger partial charge in [-0.25, -0.2) is 9.97 Å². The fourth-order valence-corrected chi connectivity index (χ4v) is 2.52. The van der Waals surface area contributed by atoms with Crippen LogP contribution < -0.4 is 10.6 Å². The summed E-state index contributed by atoms with van der Waals surface area (Å²) in [7, 11) is 0. The summed E-state index contributed by atoms with van der Waals surface area (Å²) < 4.78 is 0. The van der Waals surface area contributed by atoms with E-state index in [4.69, 9.17) is 0 Å². The second-order valence-electron chi connectivity index (χ2n) is 5.21. The number of hydrogen-bond acceptors (Lipinski definition) is 4. The van der Waals surface area contributed by atoms with Gasteiger partial charge in [0.05, 0.1) is 18.1 Å². The molecule has 1 aromatic rings. The van der Waals surface area contributed by atoms with Crippen LogP contribution in [0.1, 0.15) is 45.4 Å². The zero-order valence-electron chi connectivity index (χ0n) is 11.7. The second-order valence-corrected chi connectivity index (χ2v) is 5.21. The predicted molar refractivity (Wildman–Crippen MR) is 78.9 cm³/mol. The third-order valence-electron chi connectivity index (χ3n) is 3.52. The Balaban J connectivity index is 1.64. The lowest BCUT2D eigenvalue weighted by atomic mass is 9.95. The third kappa shape index (κ3) is 5.28. The van der Waals surface area contributed by atoms with E-state index in [9.17, 15) is 0 Å². The molecule has 0 saturated heterocycles. The summed E-state index contributed by atoms with van der Waals surface area (Å²) in [5.41, 5.74) is 2.28. The van der Waals surface area contributed by atoms with E-state index in [0.29, 0.717) is 6.04 Å². The average molecular weight is 260 g/mol. The van der Waals surface area contributed by atoms with Gasteiger partial charge in [-0.2, -0.15) is 0 Å². The first-order chi connectivity index (χ1) is 9.34. The van der Waals surface area contributed by atoms with E-state index in [1.165, 1.54) is 37.8 Å². The Bertz CT molecular complexity index is 382. The molecular formula is C15H24N4. The number of allylic oxidation sites excluding steroid dienone is 1. The van der Waals surface area contributed by atoms with E-state index in [-0.39, 0.29) is 0 Å². The third-order valence-corrected chi connectivity index (χ3v) is 3.52. The van der Waals surface area contributed by atoms with E-state index >= 15 is 0 Å². The van der Waals surface area contributed by atoms with Crippen molar-refractivity contribution >= 4 is 5.69 Å². The standard InChI is InChI=1S/C15H24N4/c1-13(19-14-7-3-2-4-8-14)6-5-9-18-15-10-16-12-17-11-15/h6,10-12,14,18-19H,2-5,7-9H2,1H3/b13-6-.